The Morgan fingerprint density at radius 2 is 0.479 bits per heavy atom. The van der Waals surface area contributed by atoms with E-state index in [9.17, 15) is 0 Å². The summed E-state index contributed by atoms with van der Waals surface area (Å²) in [4.78, 5) is 9.61. The van der Waals surface area contributed by atoms with Crippen LogP contribution in [0.1, 0.15) is 0 Å². The second-order valence-electron chi connectivity index (χ2n) is 37.3. The zero-order valence-corrected chi connectivity index (χ0v) is 81.1. The summed E-state index contributed by atoms with van der Waals surface area (Å²) in [6.45, 7) is 0.509. The number of thiophene rings is 1. The van der Waals surface area contributed by atoms with Gasteiger partial charge in [-0.2, -0.15) is 0 Å². The van der Waals surface area contributed by atoms with Crippen molar-refractivity contribution in [2.75, 3.05) is 19.6 Å². The summed E-state index contributed by atoms with van der Waals surface area (Å²) >= 11 is 2.24. The number of para-hydroxylation sites is 15. The minimum absolute atomic E-state index is 0.00939. The van der Waals surface area contributed by atoms with Crippen LogP contribution < -0.4 is 85.2 Å². The summed E-state index contributed by atoms with van der Waals surface area (Å²) < 4.78 is 18.8. The molecule has 0 atom stereocenters. The monoisotopic (exact) mass is 1920 g/mol. The number of fused-ring (bicyclic) bond motifs is 20. The molecule has 0 radical (unpaired) electrons. The summed E-state index contributed by atoms with van der Waals surface area (Å²) in [5.41, 5.74) is 39.0. The minimum atomic E-state index is 0.00939. The Morgan fingerprint density at radius 1 is 0.188 bits per heavy atom. The van der Waals surface area contributed by atoms with E-state index < -0.39 is 0 Å². The van der Waals surface area contributed by atoms with E-state index in [0.29, 0.717) is 14.5 Å². The third-order valence-corrected chi connectivity index (χ3v) is 33.2. The van der Waals surface area contributed by atoms with E-state index in [2.05, 4.69) is 541 Å². The summed E-state index contributed by atoms with van der Waals surface area (Å²) in [7, 11) is 0. The fourth-order valence-corrected chi connectivity index (χ4v) is 27.2. The van der Waals surface area contributed by atoms with Crippen LogP contribution in [0.25, 0.3) is 106 Å². The number of rotatable bonds is 10. The molecule has 672 valence electrons. The van der Waals surface area contributed by atoms with Crippen LogP contribution in [0.5, 0.6) is 0 Å². The van der Waals surface area contributed by atoms with E-state index in [0.717, 1.165) is 61.2 Å². The average molecular weight is 1920 g/mol. The minimum Gasteiger partial charge on any atom is -0.457 e. The van der Waals surface area contributed by atoms with Gasteiger partial charge in [0.1, 0.15) is 16.7 Å². The Morgan fingerprint density at radius 3 is 0.938 bits per heavy atom. The Balaban J connectivity index is 0.0000000965. The molecule has 22 aromatic carbocycles. The first-order valence-electron chi connectivity index (χ1n) is 49.5. The molecule has 144 heavy (non-hydrogen) atoms. The van der Waals surface area contributed by atoms with E-state index in [4.69, 9.17) is 8.83 Å². The van der Waals surface area contributed by atoms with E-state index in [1.165, 1.54) is 178 Å². The van der Waals surface area contributed by atoms with Crippen molar-refractivity contribution in [1.29, 1.82) is 0 Å². The molecule has 0 amide bonds. The molecular formula is C132H88B4N4O2SSe. The number of hydrogen-bond donors (Lipinski definition) is 0. The first kappa shape index (κ1) is 85.8. The van der Waals surface area contributed by atoms with Crippen molar-refractivity contribution in [3.63, 3.8) is 0 Å². The van der Waals surface area contributed by atoms with Crippen LogP contribution in [0.4, 0.5) is 68.2 Å². The van der Waals surface area contributed by atoms with Crippen LogP contribution in [-0.4, -0.2) is 41.4 Å². The number of anilines is 12. The largest absolute Gasteiger partial charge is 0.457 e. The van der Waals surface area contributed by atoms with Gasteiger partial charge in [-0.15, -0.1) is 11.3 Å². The van der Waals surface area contributed by atoms with E-state index in [-0.39, 0.29) is 26.9 Å². The zero-order chi connectivity index (χ0) is 95.1. The third kappa shape index (κ3) is 14.6. The van der Waals surface area contributed by atoms with Crippen molar-refractivity contribution in [1.82, 2.24) is 0 Å². The Labute approximate surface area is 847 Å². The molecule has 4 aromatic heterocycles. The van der Waals surface area contributed by atoms with Gasteiger partial charge in [-0.3, -0.25) is 0 Å². The molecule has 0 saturated heterocycles. The predicted octanol–water partition coefficient (Wildman–Crippen LogP) is 26.8. The van der Waals surface area contributed by atoms with Crippen molar-refractivity contribution in [3.8, 4) is 22.3 Å². The van der Waals surface area contributed by atoms with Crippen LogP contribution in [0, 0.1) is 0 Å². The topological polar surface area (TPSA) is 39.2 Å². The summed E-state index contributed by atoms with van der Waals surface area (Å²) in [6, 6.07) is 192. The van der Waals surface area contributed by atoms with Gasteiger partial charge in [0.2, 0.25) is 13.4 Å². The number of furan rings is 2. The van der Waals surface area contributed by atoms with Crippen LogP contribution in [0.2, 0.25) is 0 Å². The molecule has 26 aromatic rings. The van der Waals surface area contributed by atoms with Gasteiger partial charge in [-0.05, 0) is 151 Å². The first-order chi connectivity index (χ1) is 71.6. The van der Waals surface area contributed by atoms with Crippen molar-refractivity contribution in [2.45, 2.75) is 0 Å². The second kappa shape index (κ2) is 36.7. The summed E-state index contributed by atoms with van der Waals surface area (Å²) in [5, 5.41) is 10.1. The average Bonchev–Trinajstić information content (AvgIpc) is 1.06. The fraction of sp³-hybridized carbons (Fsp3) is 0. The molecule has 0 saturated carbocycles. The first-order valence-corrected chi connectivity index (χ1v) is 52.0. The Bertz CT molecular complexity index is 8560. The molecule has 6 nitrogen and oxygen atoms in total. The molecule has 0 fully saturated rings. The van der Waals surface area contributed by atoms with Crippen LogP contribution in [0.3, 0.4) is 0 Å². The quantitative estimate of drug-likeness (QED) is 0.127. The molecule has 4 aliphatic rings. The van der Waals surface area contributed by atoms with Gasteiger partial charge in [-0.1, -0.05) is 339 Å². The zero-order valence-electron chi connectivity index (χ0n) is 78.5. The third-order valence-electron chi connectivity index (χ3n) is 29.4. The van der Waals surface area contributed by atoms with Crippen LogP contribution >= 0.6 is 11.3 Å². The molecule has 0 aliphatic carbocycles. The number of benzene rings is 22. The van der Waals surface area contributed by atoms with Crippen molar-refractivity contribution in [2.24, 2.45) is 0 Å². The van der Waals surface area contributed by atoms with Gasteiger partial charge in [0.25, 0.3) is 6.71 Å². The van der Waals surface area contributed by atoms with Gasteiger partial charge in [0.15, 0.2) is 5.58 Å². The van der Waals surface area contributed by atoms with Gasteiger partial charge < -0.3 is 23.5 Å². The molecule has 12 heteroatoms. The molecule has 0 bridgehead atoms. The van der Waals surface area contributed by atoms with Crippen molar-refractivity contribution >= 4 is 270 Å². The molecule has 8 heterocycles. The molecular weight excluding hydrogens is 1830 g/mol. The summed E-state index contributed by atoms with van der Waals surface area (Å²) in [6.07, 6.45) is 0. The number of hydrogen-bond acceptors (Lipinski definition) is 7. The molecule has 4 aliphatic heterocycles. The fourth-order valence-electron chi connectivity index (χ4n) is 23.3. The summed E-state index contributed by atoms with van der Waals surface area (Å²) in [5.74, 6) is 0. The Kier molecular flexibility index (Phi) is 21.9. The molecule has 30 rings (SSSR count). The van der Waals surface area contributed by atoms with Gasteiger partial charge in [0.05, 0.1) is 5.69 Å². The molecule has 0 spiro atoms. The van der Waals surface area contributed by atoms with Crippen molar-refractivity contribution < 1.29 is 8.83 Å². The smallest absolute Gasteiger partial charge is 0.251 e. The molecule has 0 unspecified atom stereocenters. The van der Waals surface area contributed by atoms with Gasteiger partial charge in [-0.25, -0.2) is 0 Å². The van der Waals surface area contributed by atoms with Crippen molar-refractivity contribution in [3.05, 3.63) is 534 Å². The second-order valence-corrected chi connectivity index (χ2v) is 40.5. The van der Waals surface area contributed by atoms with E-state index in [1.807, 2.05) is 23.5 Å². The van der Waals surface area contributed by atoms with Crippen LogP contribution in [0.15, 0.2) is 543 Å². The normalized spacial score (nSPS) is 12.6. The maximum Gasteiger partial charge on any atom is 0.251 e. The maximum atomic E-state index is 6.59. The van der Waals surface area contributed by atoms with Crippen LogP contribution in [-0.2, 0) is 0 Å². The SMILES string of the molecule is c1ccc(-c2cccc(-c3ccccc3)c2B2c3ccccc3N(c3cccc4c3oc3ccccc34)c3ccccc32)cc1.c1ccc(N2c3ccccc3B(c3cccc4c3[se]c3ccccc34)c3ccccc32)cc1.c1ccc(N2c3ccccc3B(c3cccc4c3oc3ccccc34)c3ccccc32)cc1.c1ccc(N2c3ccccc3B(c3cccc4c3sc3ccccc34)c3ccccc32)cc1. The van der Waals surface area contributed by atoms with E-state index >= 15 is 0 Å². The molecule has 0 N–H and O–H groups in total. The standard InChI is InChI=1S/C42H28BNO.C30H20BNO.C30H20BNS.C30H20BNSe/c1-3-15-29(16-4-1)31-20-13-21-32(30-17-5-2-6-18-30)41(31)43-35-23-8-10-25-37(35)44(38-26-11-9-24-36(38)43)39-27-14-22-34-33-19-7-12-28-40(33)45-42(34)39;3*1-2-11-21(12-3-1)32-27-18-7-5-15-24(27)31(25-16-6-8-19-28(25)32)26-17-10-14-23-22-13-4-9-20-29(22)33-30(23)26/h1-28H;3*1-20H. The number of nitrogens with zero attached hydrogens (tertiary/aromatic N) is 4. The van der Waals surface area contributed by atoms with Gasteiger partial charge >= 0.3 is 200 Å². The van der Waals surface area contributed by atoms with Gasteiger partial charge in [0, 0.05) is 81.8 Å². The van der Waals surface area contributed by atoms with E-state index in [1.54, 1.807) is 0 Å². The predicted molar refractivity (Wildman–Crippen MR) is 619 cm³/mol. The Hall–Kier alpha value is -17.4. The maximum absolute atomic E-state index is 6.59.